The highest BCUT2D eigenvalue weighted by molar-refractivity contribution is 5.83. The van der Waals surface area contributed by atoms with Gasteiger partial charge in [0.1, 0.15) is 5.82 Å². The second-order valence-electron chi connectivity index (χ2n) is 5.62. The summed E-state index contributed by atoms with van der Waals surface area (Å²) in [5, 5.41) is 4.53. The van der Waals surface area contributed by atoms with Gasteiger partial charge in [-0.05, 0) is 63.2 Å². The molecule has 2 heterocycles. The van der Waals surface area contributed by atoms with Gasteiger partial charge in [0.15, 0.2) is 0 Å². The number of benzene rings is 1. The first-order valence-electron chi connectivity index (χ1n) is 7.36. The monoisotopic (exact) mass is 270 g/mol. The molecule has 1 saturated heterocycles. The minimum Gasteiger partial charge on any atom is -0.399 e. The third-order valence-corrected chi connectivity index (χ3v) is 4.06. The van der Waals surface area contributed by atoms with E-state index >= 15 is 0 Å². The topological polar surface area (TPSA) is 54.2 Å². The number of nitrogen functional groups attached to an aromatic ring is 1. The standard InChI is InChI=1S/C16H22N4/c1-12(20-8-2-3-9-20)11-18-16-7-4-13-10-14(17)5-6-15(13)19-16/h4-7,10,12H,2-3,8-9,11,17H2,1H3,(H,18,19). The zero-order chi connectivity index (χ0) is 13.9. The van der Waals surface area contributed by atoms with Crippen molar-refractivity contribution in [1.82, 2.24) is 9.88 Å². The summed E-state index contributed by atoms with van der Waals surface area (Å²) in [5.41, 5.74) is 7.55. The maximum absolute atomic E-state index is 5.78. The van der Waals surface area contributed by atoms with Crippen LogP contribution in [0.5, 0.6) is 0 Å². The summed E-state index contributed by atoms with van der Waals surface area (Å²) in [4.78, 5) is 7.17. The molecule has 3 N–H and O–H groups in total. The van der Waals surface area contributed by atoms with Gasteiger partial charge in [-0.2, -0.15) is 0 Å². The normalized spacial score (nSPS) is 17.4. The van der Waals surface area contributed by atoms with E-state index in [2.05, 4.69) is 28.2 Å². The van der Waals surface area contributed by atoms with Crippen LogP contribution in [0.25, 0.3) is 10.9 Å². The van der Waals surface area contributed by atoms with Crippen LogP contribution in [0, 0.1) is 0 Å². The number of likely N-dealkylation sites (tertiary alicyclic amines) is 1. The van der Waals surface area contributed by atoms with Crippen LogP contribution in [-0.4, -0.2) is 35.6 Å². The van der Waals surface area contributed by atoms with Crippen molar-refractivity contribution in [3.63, 3.8) is 0 Å². The molecule has 1 aliphatic heterocycles. The molecule has 106 valence electrons. The van der Waals surface area contributed by atoms with E-state index < -0.39 is 0 Å². The van der Waals surface area contributed by atoms with Gasteiger partial charge in [-0.3, -0.25) is 4.90 Å². The smallest absolute Gasteiger partial charge is 0.126 e. The van der Waals surface area contributed by atoms with Gasteiger partial charge >= 0.3 is 0 Å². The molecule has 2 aromatic rings. The van der Waals surface area contributed by atoms with Gasteiger partial charge in [0, 0.05) is 23.7 Å². The molecule has 1 unspecified atom stereocenters. The molecule has 1 atom stereocenters. The van der Waals surface area contributed by atoms with Crippen LogP contribution in [0.2, 0.25) is 0 Å². The lowest BCUT2D eigenvalue weighted by atomic mass is 10.2. The Bertz CT molecular complexity index is 590. The number of nitrogens with two attached hydrogens (primary N) is 1. The van der Waals surface area contributed by atoms with Gasteiger partial charge in [0.2, 0.25) is 0 Å². The Labute approximate surface area is 120 Å². The van der Waals surface area contributed by atoms with Crippen molar-refractivity contribution in [3.05, 3.63) is 30.3 Å². The quantitative estimate of drug-likeness (QED) is 0.839. The van der Waals surface area contributed by atoms with E-state index in [-0.39, 0.29) is 0 Å². The molecule has 3 rings (SSSR count). The van der Waals surface area contributed by atoms with E-state index in [1.807, 2.05) is 24.3 Å². The highest BCUT2D eigenvalue weighted by Crippen LogP contribution is 2.18. The van der Waals surface area contributed by atoms with E-state index in [0.717, 1.165) is 29.0 Å². The van der Waals surface area contributed by atoms with E-state index in [1.54, 1.807) is 0 Å². The van der Waals surface area contributed by atoms with Gasteiger partial charge in [-0.25, -0.2) is 4.98 Å². The maximum atomic E-state index is 5.78. The Morgan fingerprint density at radius 1 is 1.25 bits per heavy atom. The van der Waals surface area contributed by atoms with Crippen LogP contribution >= 0.6 is 0 Å². The molecule has 4 heteroatoms. The lowest BCUT2D eigenvalue weighted by Crippen LogP contribution is -2.35. The average Bonchev–Trinajstić information content (AvgIpc) is 2.99. The fourth-order valence-corrected chi connectivity index (χ4v) is 2.81. The minimum absolute atomic E-state index is 0.557. The van der Waals surface area contributed by atoms with Crippen molar-refractivity contribution >= 4 is 22.4 Å². The highest BCUT2D eigenvalue weighted by Gasteiger charge is 2.17. The number of rotatable bonds is 4. The molecule has 20 heavy (non-hydrogen) atoms. The predicted molar refractivity (Wildman–Crippen MR) is 84.9 cm³/mol. The first-order valence-corrected chi connectivity index (χ1v) is 7.36. The maximum Gasteiger partial charge on any atom is 0.126 e. The van der Waals surface area contributed by atoms with Crippen molar-refractivity contribution < 1.29 is 0 Å². The molecule has 0 radical (unpaired) electrons. The summed E-state index contributed by atoms with van der Waals surface area (Å²) in [5.74, 6) is 0.938. The van der Waals surface area contributed by atoms with Gasteiger partial charge < -0.3 is 11.1 Å². The molecule has 0 spiro atoms. The molecule has 1 aliphatic rings. The summed E-state index contributed by atoms with van der Waals surface area (Å²) >= 11 is 0. The highest BCUT2D eigenvalue weighted by atomic mass is 15.2. The van der Waals surface area contributed by atoms with Crippen LogP contribution in [-0.2, 0) is 0 Å². The number of anilines is 2. The molecule has 1 fully saturated rings. The average molecular weight is 270 g/mol. The van der Waals surface area contributed by atoms with Crippen molar-refractivity contribution in [2.24, 2.45) is 0 Å². The van der Waals surface area contributed by atoms with Gasteiger partial charge in [0.05, 0.1) is 5.52 Å². The Morgan fingerprint density at radius 2 is 2.05 bits per heavy atom. The van der Waals surface area contributed by atoms with E-state index in [4.69, 9.17) is 5.73 Å². The number of nitrogens with one attached hydrogen (secondary N) is 1. The molecular weight excluding hydrogens is 248 g/mol. The summed E-state index contributed by atoms with van der Waals surface area (Å²) < 4.78 is 0. The number of aromatic nitrogens is 1. The molecule has 0 bridgehead atoms. The molecule has 4 nitrogen and oxygen atoms in total. The fraction of sp³-hybridized carbons (Fsp3) is 0.438. The third-order valence-electron chi connectivity index (χ3n) is 4.06. The Kier molecular flexibility index (Phi) is 3.74. The van der Waals surface area contributed by atoms with E-state index in [1.165, 1.54) is 25.9 Å². The zero-order valence-corrected chi connectivity index (χ0v) is 12.0. The van der Waals surface area contributed by atoms with Gasteiger partial charge in [0.25, 0.3) is 0 Å². The molecule has 1 aromatic heterocycles. The number of nitrogens with zero attached hydrogens (tertiary/aromatic N) is 2. The van der Waals surface area contributed by atoms with Crippen molar-refractivity contribution in [2.75, 3.05) is 30.7 Å². The number of pyridine rings is 1. The molecule has 1 aromatic carbocycles. The second kappa shape index (κ2) is 5.67. The van der Waals surface area contributed by atoms with Crippen molar-refractivity contribution in [2.45, 2.75) is 25.8 Å². The molecular formula is C16H22N4. The Hall–Kier alpha value is -1.81. The zero-order valence-electron chi connectivity index (χ0n) is 12.0. The summed E-state index contributed by atoms with van der Waals surface area (Å²) in [6.45, 7) is 5.67. The first-order chi connectivity index (χ1) is 9.72. The Balaban J connectivity index is 1.66. The van der Waals surface area contributed by atoms with Crippen LogP contribution in [0.1, 0.15) is 19.8 Å². The van der Waals surface area contributed by atoms with Gasteiger partial charge in [-0.1, -0.05) is 0 Å². The Morgan fingerprint density at radius 3 is 2.85 bits per heavy atom. The van der Waals surface area contributed by atoms with Crippen LogP contribution in [0.4, 0.5) is 11.5 Å². The summed E-state index contributed by atoms with van der Waals surface area (Å²) in [7, 11) is 0. The van der Waals surface area contributed by atoms with E-state index in [0.29, 0.717) is 6.04 Å². The van der Waals surface area contributed by atoms with Crippen LogP contribution in [0.15, 0.2) is 30.3 Å². The summed E-state index contributed by atoms with van der Waals surface area (Å²) in [6.07, 6.45) is 2.67. The SMILES string of the molecule is CC(CNc1ccc2cc(N)ccc2n1)N1CCCC1. The fourth-order valence-electron chi connectivity index (χ4n) is 2.81. The van der Waals surface area contributed by atoms with Crippen LogP contribution < -0.4 is 11.1 Å². The molecule has 0 saturated carbocycles. The predicted octanol–water partition coefficient (Wildman–Crippen LogP) is 2.71. The minimum atomic E-state index is 0.557. The lowest BCUT2D eigenvalue weighted by molar-refractivity contribution is 0.269. The van der Waals surface area contributed by atoms with Crippen molar-refractivity contribution in [3.8, 4) is 0 Å². The largest absolute Gasteiger partial charge is 0.399 e. The van der Waals surface area contributed by atoms with Crippen molar-refractivity contribution in [1.29, 1.82) is 0 Å². The summed E-state index contributed by atoms with van der Waals surface area (Å²) in [6, 6.07) is 10.5. The lowest BCUT2D eigenvalue weighted by Gasteiger charge is -2.24. The number of hydrogen-bond acceptors (Lipinski definition) is 4. The molecule has 0 aliphatic carbocycles. The third kappa shape index (κ3) is 2.85. The number of fused-ring (bicyclic) bond motifs is 1. The first kappa shape index (κ1) is 13.2. The number of hydrogen-bond donors (Lipinski definition) is 2. The van der Waals surface area contributed by atoms with E-state index in [9.17, 15) is 0 Å². The second-order valence-corrected chi connectivity index (χ2v) is 5.62. The van der Waals surface area contributed by atoms with Crippen LogP contribution in [0.3, 0.4) is 0 Å². The molecule has 0 amide bonds. The van der Waals surface area contributed by atoms with Gasteiger partial charge in [-0.15, -0.1) is 0 Å².